The zero-order valence-corrected chi connectivity index (χ0v) is 9.25. The molecule has 0 N–H and O–H groups in total. The molecule has 1 radical (unpaired) electrons. The standard InChI is InChI=1S/C10H19N2O2/c1-4-12(5-2)10(13)14-9-7-6-8-11(9)3/h4-8H2,1-3H3. The Morgan fingerprint density at radius 1 is 1.50 bits per heavy atom. The quantitative estimate of drug-likeness (QED) is 0.693. The summed E-state index contributed by atoms with van der Waals surface area (Å²) < 4.78 is 5.30. The van der Waals surface area contributed by atoms with E-state index in [9.17, 15) is 4.79 Å². The molecule has 0 aliphatic carbocycles. The summed E-state index contributed by atoms with van der Waals surface area (Å²) in [5, 5.41) is 0. The van der Waals surface area contributed by atoms with E-state index in [1.54, 1.807) is 4.90 Å². The van der Waals surface area contributed by atoms with E-state index in [4.69, 9.17) is 4.74 Å². The molecule has 14 heavy (non-hydrogen) atoms. The molecular weight excluding hydrogens is 180 g/mol. The van der Waals surface area contributed by atoms with E-state index < -0.39 is 0 Å². The molecular formula is C10H19N2O2. The van der Waals surface area contributed by atoms with Crippen molar-refractivity contribution in [3.63, 3.8) is 0 Å². The smallest absolute Gasteiger partial charge is 0.411 e. The van der Waals surface area contributed by atoms with Gasteiger partial charge in [0.1, 0.15) is 0 Å². The summed E-state index contributed by atoms with van der Waals surface area (Å²) in [4.78, 5) is 15.2. The van der Waals surface area contributed by atoms with Crippen molar-refractivity contribution < 1.29 is 9.53 Å². The second-order valence-corrected chi connectivity index (χ2v) is 3.46. The van der Waals surface area contributed by atoms with Gasteiger partial charge in [-0.25, -0.2) is 4.79 Å². The fourth-order valence-electron chi connectivity index (χ4n) is 1.56. The number of carbonyl (C=O) groups is 1. The highest BCUT2D eigenvalue weighted by Gasteiger charge is 2.27. The van der Waals surface area contributed by atoms with Gasteiger partial charge in [0.15, 0.2) is 0 Å². The monoisotopic (exact) mass is 199 g/mol. The second-order valence-electron chi connectivity index (χ2n) is 3.46. The van der Waals surface area contributed by atoms with Gasteiger partial charge in [0.2, 0.25) is 6.23 Å². The van der Waals surface area contributed by atoms with Crippen LogP contribution in [0.3, 0.4) is 0 Å². The van der Waals surface area contributed by atoms with E-state index in [-0.39, 0.29) is 6.09 Å². The molecule has 0 aromatic rings. The summed E-state index contributed by atoms with van der Waals surface area (Å²) in [5.74, 6) is 0. The molecule has 0 saturated carbocycles. The number of hydrogen-bond donors (Lipinski definition) is 0. The highest BCUT2D eigenvalue weighted by molar-refractivity contribution is 5.68. The van der Waals surface area contributed by atoms with E-state index >= 15 is 0 Å². The van der Waals surface area contributed by atoms with Crippen molar-refractivity contribution in [2.24, 2.45) is 0 Å². The third kappa shape index (κ3) is 2.61. The maximum absolute atomic E-state index is 11.6. The number of hydrogen-bond acceptors (Lipinski definition) is 3. The fraction of sp³-hybridized carbons (Fsp3) is 0.800. The lowest BCUT2D eigenvalue weighted by Crippen LogP contribution is -2.34. The summed E-state index contributed by atoms with van der Waals surface area (Å²) in [5.41, 5.74) is 0. The van der Waals surface area contributed by atoms with Crippen LogP contribution < -0.4 is 0 Å². The van der Waals surface area contributed by atoms with Gasteiger partial charge >= 0.3 is 6.09 Å². The Kier molecular flexibility index (Phi) is 4.20. The SMILES string of the molecule is CCN(CC)C(=O)O[C]1CCCN1C. The minimum absolute atomic E-state index is 0.223. The van der Waals surface area contributed by atoms with Crippen LogP contribution in [-0.4, -0.2) is 42.6 Å². The number of likely N-dealkylation sites (tertiary alicyclic amines) is 1. The molecule has 0 aromatic heterocycles. The average Bonchev–Trinajstić information content (AvgIpc) is 2.54. The predicted octanol–water partition coefficient (Wildman–Crippen LogP) is 1.68. The Morgan fingerprint density at radius 2 is 2.14 bits per heavy atom. The Morgan fingerprint density at radius 3 is 2.57 bits per heavy atom. The van der Waals surface area contributed by atoms with Gasteiger partial charge in [-0.3, -0.25) is 4.90 Å². The molecule has 1 aliphatic rings. The maximum atomic E-state index is 11.6. The molecule has 0 spiro atoms. The van der Waals surface area contributed by atoms with Crippen molar-refractivity contribution in [1.82, 2.24) is 9.80 Å². The first-order valence-corrected chi connectivity index (χ1v) is 5.22. The lowest BCUT2D eigenvalue weighted by atomic mass is 10.4. The van der Waals surface area contributed by atoms with Gasteiger partial charge in [-0.05, 0) is 27.3 Å². The first kappa shape index (κ1) is 11.3. The van der Waals surface area contributed by atoms with E-state index in [2.05, 4.69) is 0 Å². The number of rotatable bonds is 3. The summed E-state index contributed by atoms with van der Waals surface area (Å²) in [6.07, 6.45) is 2.54. The number of ether oxygens (including phenoxy) is 1. The molecule has 1 amide bonds. The van der Waals surface area contributed by atoms with Crippen LogP contribution in [0.1, 0.15) is 26.7 Å². The van der Waals surface area contributed by atoms with Gasteiger partial charge in [0.25, 0.3) is 0 Å². The largest absolute Gasteiger partial charge is 0.421 e. The third-order valence-corrected chi connectivity index (χ3v) is 2.54. The molecule has 1 fully saturated rings. The fourth-order valence-corrected chi connectivity index (χ4v) is 1.56. The van der Waals surface area contributed by atoms with Gasteiger partial charge in [-0.2, -0.15) is 0 Å². The van der Waals surface area contributed by atoms with Crippen LogP contribution >= 0.6 is 0 Å². The van der Waals surface area contributed by atoms with Gasteiger partial charge in [0, 0.05) is 26.1 Å². The average molecular weight is 199 g/mol. The Bertz CT molecular complexity index is 193. The third-order valence-electron chi connectivity index (χ3n) is 2.54. The van der Waals surface area contributed by atoms with Crippen molar-refractivity contribution in [3.05, 3.63) is 6.23 Å². The van der Waals surface area contributed by atoms with Crippen molar-refractivity contribution in [2.75, 3.05) is 26.7 Å². The molecule has 1 saturated heterocycles. The van der Waals surface area contributed by atoms with Gasteiger partial charge in [0.05, 0.1) is 0 Å². The van der Waals surface area contributed by atoms with Crippen molar-refractivity contribution >= 4 is 6.09 Å². The minimum atomic E-state index is -0.223. The van der Waals surface area contributed by atoms with Crippen LogP contribution in [0.5, 0.6) is 0 Å². The predicted molar refractivity (Wildman–Crippen MR) is 54.5 cm³/mol. The minimum Gasteiger partial charge on any atom is -0.421 e. The normalized spacial score (nSPS) is 18.5. The molecule has 0 aromatic carbocycles. The lowest BCUT2D eigenvalue weighted by molar-refractivity contribution is 0.0740. The molecule has 0 atom stereocenters. The van der Waals surface area contributed by atoms with Crippen LogP contribution in [0.4, 0.5) is 4.79 Å². The maximum Gasteiger partial charge on any atom is 0.411 e. The zero-order valence-electron chi connectivity index (χ0n) is 9.25. The summed E-state index contributed by atoms with van der Waals surface area (Å²) >= 11 is 0. The molecule has 4 heteroatoms. The van der Waals surface area contributed by atoms with E-state index in [1.807, 2.05) is 25.8 Å². The Labute approximate surface area is 85.8 Å². The van der Waals surface area contributed by atoms with Crippen LogP contribution in [0.2, 0.25) is 0 Å². The number of carbonyl (C=O) groups excluding carboxylic acids is 1. The Hall–Kier alpha value is -0.770. The number of amides is 1. The van der Waals surface area contributed by atoms with Crippen LogP contribution in [0.25, 0.3) is 0 Å². The van der Waals surface area contributed by atoms with Gasteiger partial charge in [-0.15, -0.1) is 0 Å². The lowest BCUT2D eigenvalue weighted by Gasteiger charge is -2.23. The molecule has 1 aliphatic heterocycles. The second kappa shape index (κ2) is 5.20. The first-order valence-electron chi connectivity index (χ1n) is 5.22. The van der Waals surface area contributed by atoms with Crippen molar-refractivity contribution in [2.45, 2.75) is 26.7 Å². The van der Waals surface area contributed by atoms with Crippen LogP contribution in [-0.2, 0) is 4.74 Å². The molecule has 1 heterocycles. The van der Waals surface area contributed by atoms with E-state index in [0.29, 0.717) is 13.1 Å². The molecule has 1 rings (SSSR count). The van der Waals surface area contributed by atoms with E-state index in [1.165, 1.54) is 0 Å². The summed E-state index contributed by atoms with van der Waals surface area (Å²) in [6, 6.07) is 0. The molecule has 0 unspecified atom stereocenters. The molecule has 0 bridgehead atoms. The van der Waals surface area contributed by atoms with Crippen molar-refractivity contribution in [1.29, 1.82) is 0 Å². The van der Waals surface area contributed by atoms with Crippen LogP contribution in [0.15, 0.2) is 0 Å². The first-order chi connectivity index (χ1) is 6.69. The van der Waals surface area contributed by atoms with Crippen LogP contribution in [0, 0.1) is 6.23 Å². The molecule has 81 valence electrons. The summed E-state index contributed by atoms with van der Waals surface area (Å²) in [6.45, 7) is 6.29. The number of nitrogens with zero attached hydrogens (tertiary/aromatic N) is 2. The highest BCUT2D eigenvalue weighted by Crippen LogP contribution is 2.23. The van der Waals surface area contributed by atoms with Crippen molar-refractivity contribution in [3.8, 4) is 0 Å². The highest BCUT2D eigenvalue weighted by atomic mass is 16.6. The molecule has 4 nitrogen and oxygen atoms in total. The topological polar surface area (TPSA) is 32.8 Å². The van der Waals surface area contributed by atoms with Gasteiger partial charge < -0.3 is 9.64 Å². The van der Waals surface area contributed by atoms with E-state index in [0.717, 1.165) is 25.6 Å². The summed E-state index contributed by atoms with van der Waals surface area (Å²) in [7, 11) is 1.96. The zero-order chi connectivity index (χ0) is 10.6. The Balaban J connectivity index is 2.39. The van der Waals surface area contributed by atoms with Gasteiger partial charge in [-0.1, -0.05) is 0 Å².